The zero-order valence-corrected chi connectivity index (χ0v) is 10.9. The summed E-state index contributed by atoms with van der Waals surface area (Å²) in [6.45, 7) is 7.47. The molecule has 96 valence electrons. The van der Waals surface area contributed by atoms with E-state index in [1.54, 1.807) is 0 Å². The van der Waals surface area contributed by atoms with E-state index in [0.29, 0.717) is 18.2 Å². The van der Waals surface area contributed by atoms with E-state index in [0.717, 1.165) is 30.8 Å². The third-order valence-corrected chi connectivity index (χ3v) is 2.72. The van der Waals surface area contributed by atoms with Gasteiger partial charge in [-0.25, -0.2) is 9.97 Å². The van der Waals surface area contributed by atoms with Crippen molar-refractivity contribution in [3.63, 3.8) is 0 Å². The molecule has 1 heterocycles. The second kappa shape index (κ2) is 6.39. The minimum Gasteiger partial charge on any atom is -0.395 e. The van der Waals surface area contributed by atoms with E-state index < -0.39 is 0 Å². The molecule has 0 fully saturated rings. The van der Waals surface area contributed by atoms with Gasteiger partial charge in [0.25, 0.3) is 0 Å². The molecule has 1 rings (SSSR count). The first-order valence-electron chi connectivity index (χ1n) is 6.06. The number of aromatic nitrogens is 2. The van der Waals surface area contributed by atoms with Gasteiger partial charge in [-0.3, -0.25) is 0 Å². The summed E-state index contributed by atoms with van der Waals surface area (Å²) >= 11 is 0. The molecule has 0 radical (unpaired) electrons. The summed E-state index contributed by atoms with van der Waals surface area (Å²) in [6, 6.07) is 0. The van der Waals surface area contributed by atoms with Crippen LogP contribution in [-0.4, -0.2) is 34.8 Å². The molecule has 5 nitrogen and oxygen atoms in total. The van der Waals surface area contributed by atoms with Crippen molar-refractivity contribution in [3.05, 3.63) is 11.4 Å². The average molecular weight is 238 g/mol. The first-order valence-corrected chi connectivity index (χ1v) is 6.06. The Bertz CT molecular complexity index is 368. The average Bonchev–Trinajstić information content (AvgIpc) is 2.29. The molecule has 0 amide bonds. The van der Waals surface area contributed by atoms with Crippen molar-refractivity contribution < 1.29 is 5.11 Å². The van der Waals surface area contributed by atoms with Crippen molar-refractivity contribution in [2.24, 2.45) is 0 Å². The molecule has 0 aromatic carbocycles. The lowest BCUT2D eigenvalue weighted by molar-refractivity contribution is 0.301. The van der Waals surface area contributed by atoms with Crippen LogP contribution in [0.15, 0.2) is 0 Å². The van der Waals surface area contributed by atoms with E-state index in [1.165, 1.54) is 0 Å². The van der Waals surface area contributed by atoms with Crippen LogP contribution < -0.4 is 10.6 Å². The molecule has 0 aliphatic rings. The van der Waals surface area contributed by atoms with E-state index in [4.69, 9.17) is 10.8 Å². The molecule has 5 heteroatoms. The van der Waals surface area contributed by atoms with Crippen LogP contribution in [0, 0.1) is 13.8 Å². The van der Waals surface area contributed by atoms with Crippen LogP contribution in [-0.2, 0) is 0 Å². The second-order valence-corrected chi connectivity index (χ2v) is 4.17. The van der Waals surface area contributed by atoms with Crippen LogP contribution in [0.25, 0.3) is 0 Å². The first kappa shape index (κ1) is 13.7. The largest absolute Gasteiger partial charge is 0.395 e. The third-order valence-electron chi connectivity index (χ3n) is 2.72. The van der Waals surface area contributed by atoms with Gasteiger partial charge in [-0.15, -0.1) is 0 Å². The van der Waals surface area contributed by atoms with Crippen molar-refractivity contribution in [1.82, 2.24) is 9.97 Å². The summed E-state index contributed by atoms with van der Waals surface area (Å²) in [5, 5.41) is 9.11. The number of aryl methyl sites for hydroxylation is 1. The van der Waals surface area contributed by atoms with Gasteiger partial charge in [0.2, 0.25) is 0 Å². The predicted octanol–water partition coefficient (Wildman–Crippen LogP) is 1.27. The van der Waals surface area contributed by atoms with E-state index >= 15 is 0 Å². The van der Waals surface area contributed by atoms with Crippen LogP contribution in [0.2, 0.25) is 0 Å². The van der Waals surface area contributed by atoms with Gasteiger partial charge >= 0.3 is 0 Å². The Balaban J connectivity index is 2.99. The molecular weight excluding hydrogens is 216 g/mol. The minimum atomic E-state index is 0.117. The molecule has 17 heavy (non-hydrogen) atoms. The number of unbranched alkanes of at least 4 members (excludes halogenated alkanes) is 1. The number of aliphatic hydroxyl groups excluding tert-OH is 1. The number of anilines is 2. The van der Waals surface area contributed by atoms with Gasteiger partial charge in [-0.1, -0.05) is 13.3 Å². The van der Waals surface area contributed by atoms with Crippen LogP contribution in [0.5, 0.6) is 0 Å². The lowest BCUT2D eigenvalue weighted by atomic mass is 10.2. The number of nitrogens with two attached hydrogens (primary N) is 1. The standard InChI is InChI=1S/C12H22N4O/c1-4-5-6-16(7-8-17)12-9(2)11(13)14-10(3)15-12/h17H,4-8H2,1-3H3,(H2,13,14,15). The maximum atomic E-state index is 9.11. The predicted molar refractivity (Wildman–Crippen MR) is 70.1 cm³/mol. The topological polar surface area (TPSA) is 75.3 Å². The molecule has 0 saturated heterocycles. The van der Waals surface area contributed by atoms with Crippen LogP contribution in [0.4, 0.5) is 11.6 Å². The Hall–Kier alpha value is -1.36. The summed E-state index contributed by atoms with van der Waals surface area (Å²) in [4.78, 5) is 10.6. The molecule has 0 bridgehead atoms. The van der Waals surface area contributed by atoms with Crippen molar-refractivity contribution in [2.45, 2.75) is 33.6 Å². The normalized spacial score (nSPS) is 10.6. The van der Waals surface area contributed by atoms with Gasteiger partial charge < -0.3 is 15.7 Å². The summed E-state index contributed by atoms with van der Waals surface area (Å²) in [7, 11) is 0. The fourth-order valence-corrected chi connectivity index (χ4v) is 1.74. The highest BCUT2D eigenvalue weighted by molar-refractivity contribution is 5.56. The summed E-state index contributed by atoms with van der Waals surface area (Å²) in [5.74, 6) is 2.03. The molecular formula is C12H22N4O. The van der Waals surface area contributed by atoms with Crippen LogP contribution in [0.3, 0.4) is 0 Å². The Morgan fingerprint density at radius 3 is 2.53 bits per heavy atom. The first-order chi connectivity index (χ1) is 8.10. The fraction of sp³-hybridized carbons (Fsp3) is 0.667. The molecule has 0 aliphatic carbocycles. The van der Waals surface area contributed by atoms with Gasteiger partial charge in [0.1, 0.15) is 17.5 Å². The molecule has 0 aliphatic heterocycles. The zero-order chi connectivity index (χ0) is 12.8. The van der Waals surface area contributed by atoms with Gasteiger partial charge in [-0.2, -0.15) is 0 Å². The van der Waals surface area contributed by atoms with E-state index in [2.05, 4.69) is 21.8 Å². The second-order valence-electron chi connectivity index (χ2n) is 4.17. The lowest BCUT2D eigenvalue weighted by Crippen LogP contribution is -2.30. The Morgan fingerprint density at radius 2 is 1.94 bits per heavy atom. The minimum absolute atomic E-state index is 0.117. The van der Waals surface area contributed by atoms with Crippen molar-refractivity contribution in [1.29, 1.82) is 0 Å². The van der Waals surface area contributed by atoms with Gasteiger partial charge in [0.05, 0.1) is 6.61 Å². The van der Waals surface area contributed by atoms with Crippen molar-refractivity contribution >= 4 is 11.6 Å². The smallest absolute Gasteiger partial charge is 0.137 e. The lowest BCUT2D eigenvalue weighted by Gasteiger charge is -2.24. The number of rotatable bonds is 6. The van der Waals surface area contributed by atoms with E-state index in [1.807, 2.05) is 13.8 Å². The molecule has 1 aromatic heterocycles. The molecule has 0 spiro atoms. The quantitative estimate of drug-likeness (QED) is 0.780. The highest BCUT2D eigenvalue weighted by atomic mass is 16.3. The number of nitrogen functional groups attached to an aromatic ring is 1. The van der Waals surface area contributed by atoms with Gasteiger partial charge in [-0.05, 0) is 20.3 Å². The molecule has 3 N–H and O–H groups in total. The van der Waals surface area contributed by atoms with Crippen LogP contribution >= 0.6 is 0 Å². The monoisotopic (exact) mass is 238 g/mol. The number of hydrogen-bond donors (Lipinski definition) is 2. The van der Waals surface area contributed by atoms with Crippen LogP contribution in [0.1, 0.15) is 31.2 Å². The summed E-state index contributed by atoms with van der Waals surface area (Å²) in [5.41, 5.74) is 6.73. The maximum absolute atomic E-state index is 9.11. The Morgan fingerprint density at radius 1 is 1.24 bits per heavy atom. The number of aliphatic hydroxyl groups is 1. The van der Waals surface area contributed by atoms with Gasteiger partial charge in [0, 0.05) is 18.7 Å². The zero-order valence-electron chi connectivity index (χ0n) is 10.9. The third kappa shape index (κ3) is 3.56. The molecule has 0 saturated carbocycles. The fourth-order valence-electron chi connectivity index (χ4n) is 1.74. The van der Waals surface area contributed by atoms with E-state index in [9.17, 15) is 0 Å². The number of nitrogens with zero attached hydrogens (tertiary/aromatic N) is 3. The molecule has 0 unspecified atom stereocenters. The summed E-state index contributed by atoms with van der Waals surface area (Å²) < 4.78 is 0. The molecule has 1 aromatic rings. The molecule has 0 atom stereocenters. The number of hydrogen-bond acceptors (Lipinski definition) is 5. The van der Waals surface area contributed by atoms with Crippen molar-refractivity contribution in [3.8, 4) is 0 Å². The SMILES string of the molecule is CCCCN(CCO)c1nc(C)nc(N)c1C. The summed E-state index contributed by atoms with van der Waals surface area (Å²) in [6.07, 6.45) is 2.18. The maximum Gasteiger partial charge on any atom is 0.137 e. The van der Waals surface area contributed by atoms with Crippen molar-refractivity contribution in [2.75, 3.05) is 30.3 Å². The highest BCUT2D eigenvalue weighted by Gasteiger charge is 2.13. The Labute approximate surface area is 103 Å². The van der Waals surface area contributed by atoms with Gasteiger partial charge in [0.15, 0.2) is 0 Å². The van der Waals surface area contributed by atoms with E-state index in [-0.39, 0.29) is 6.61 Å². The Kier molecular flexibility index (Phi) is 5.15. The highest BCUT2D eigenvalue weighted by Crippen LogP contribution is 2.21.